The molecule has 1 aromatic rings. The van der Waals surface area contributed by atoms with Crippen molar-refractivity contribution in [3.8, 4) is 12.3 Å². The Hall–Kier alpha value is -2.22. The molecule has 0 fully saturated rings. The average Bonchev–Trinajstić information content (AvgIpc) is 3.37. The highest BCUT2D eigenvalue weighted by Crippen LogP contribution is 2.38. The first-order valence-electron chi connectivity index (χ1n) is 8.22. The van der Waals surface area contributed by atoms with Crippen molar-refractivity contribution in [3.63, 3.8) is 0 Å². The number of hydrogen-bond donors (Lipinski definition) is 0. The third-order valence-electron chi connectivity index (χ3n) is 4.82. The number of hydrogen-bond acceptors (Lipinski definition) is 4. The highest BCUT2D eigenvalue weighted by atomic mass is 16.2. The molecule has 0 aromatic carbocycles. The van der Waals surface area contributed by atoms with Crippen LogP contribution in [0.1, 0.15) is 55.8 Å². The van der Waals surface area contributed by atoms with Crippen LogP contribution in [0.5, 0.6) is 0 Å². The van der Waals surface area contributed by atoms with Crippen LogP contribution in [-0.4, -0.2) is 28.5 Å². The second-order valence-corrected chi connectivity index (χ2v) is 6.35. The van der Waals surface area contributed by atoms with Gasteiger partial charge < -0.3 is 4.90 Å². The maximum Gasteiger partial charge on any atom is 0.223 e. The zero-order chi connectivity index (χ0) is 16.3. The van der Waals surface area contributed by atoms with Gasteiger partial charge in [-0.3, -0.25) is 9.78 Å². The highest BCUT2D eigenvalue weighted by Gasteiger charge is 2.40. The molecular formula is C18H22N4O. The maximum atomic E-state index is 12.6. The Morgan fingerprint density at radius 2 is 2.30 bits per heavy atom. The molecule has 0 N–H and O–H groups in total. The van der Waals surface area contributed by atoms with E-state index in [-0.39, 0.29) is 17.6 Å². The summed E-state index contributed by atoms with van der Waals surface area (Å²) in [6, 6.07) is 4.17. The minimum atomic E-state index is -0.383. The molecule has 1 aliphatic heterocycles. The summed E-state index contributed by atoms with van der Waals surface area (Å²) in [5.74, 6) is 2.74. The van der Waals surface area contributed by atoms with Crippen LogP contribution in [0, 0.1) is 12.3 Å². The molecule has 1 atom stereocenters. The van der Waals surface area contributed by atoms with E-state index in [1.54, 1.807) is 0 Å². The number of fused-ring (bicyclic) bond motifs is 1. The Balaban J connectivity index is 1.59. The van der Waals surface area contributed by atoms with Gasteiger partial charge in [-0.25, -0.2) is 0 Å². The van der Waals surface area contributed by atoms with E-state index in [9.17, 15) is 4.79 Å². The van der Waals surface area contributed by atoms with Crippen molar-refractivity contribution >= 4 is 5.91 Å². The van der Waals surface area contributed by atoms with E-state index in [1.807, 2.05) is 24.2 Å². The lowest BCUT2D eigenvalue weighted by molar-refractivity contribution is -0.132. The summed E-state index contributed by atoms with van der Waals surface area (Å²) in [7, 11) is 1.88. The minimum absolute atomic E-state index is 0.0854. The zero-order valence-corrected chi connectivity index (χ0v) is 13.5. The number of terminal acetylenes is 1. The second-order valence-electron chi connectivity index (χ2n) is 6.35. The monoisotopic (exact) mass is 310 g/mol. The molecule has 5 heteroatoms. The van der Waals surface area contributed by atoms with Crippen molar-refractivity contribution in [1.29, 1.82) is 0 Å². The van der Waals surface area contributed by atoms with Crippen LogP contribution in [0.25, 0.3) is 0 Å². The Morgan fingerprint density at radius 3 is 3.04 bits per heavy atom. The third-order valence-corrected chi connectivity index (χ3v) is 4.82. The SMILES string of the molecule is C#CCCC1(CCC(=O)N(C)C2CCCc3cccnc32)N=N1. The Morgan fingerprint density at radius 1 is 1.48 bits per heavy atom. The standard InChI is InChI=1S/C18H22N4O/c1-3-4-11-18(20-21-18)12-10-16(23)22(2)15-9-5-7-14-8-6-13-19-17(14)15/h1,6,8,13,15H,4-5,7,9-12H2,2H3. The van der Waals surface area contributed by atoms with E-state index in [2.05, 4.69) is 27.2 Å². The Labute approximate surface area is 137 Å². The Kier molecular flexibility index (Phi) is 4.42. The molecule has 0 saturated carbocycles. The first-order chi connectivity index (χ1) is 11.2. The van der Waals surface area contributed by atoms with Crippen LogP contribution >= 0.6 is 0 Å². The molecule has 1 aliphatic carbocycles. The fraction of sp³-hybridized carbons (Fsp3) is 0.556. The average molecular weight is 310 g/mol. The van der Waals surface area contributed by atoms with Gasteiger partial charge in [0.05, 0.1) is 11.7 Å². The molecule has 0 spiro atoms. The molecule has 1 unspecified atom stereocenters. The van der Waals surface area contributed by atoms with Crippen LogP contribution in [0.3, 0.4) is 0 Å². The van der Waals surface area contributed by atoms with Gasteiger partial charge in [0, 0.05) is 38.9 Å². The zero-order valence-electron chi connectivity index (χ0n) is 13.5. The van der Waals surface area contributed by atoms with Crippen LogP contribution in [0.4, 0.5) is 0 Å². The molecule has 2 aliphatic rings. The van der Waals surface area contributed by atoms with Gasteiger partial charge in [0.2, 0.25) is 5.91 Å². The summed E-state index contributed by atoms with van der Waals surface area (Å²) in [5, 5.41) is 8.19. The first-order valence-corrected chi connectivity index (χ1v) is 8.22. The number of aromatic nitrogens is 1. The molecule has 23 heavy (non-hydrogen) atoms. The van der Waals surface area contributed by atoms with Crippen molar-refractivity contribution in [2.75, 3.05) is 7.05 Å². The number of aryl methyl sites for hydroxylation is 1. The molecule has 3 rings (SSSR count). The summed E-state index contributed by atoms with van der Waals surface area (Å²) in [6.07, 6.45) is 12.7. The summed E-state index contributed by atoms with van der Waals surface area (Å²) in [5.41, 5.74) is 1.93. The van der Waals surface area contributed by atoms with Crippen molar-refractivity contribution in [3.05, 3.63) is 29.6 Å². The van der Waals surface area contributed by atoms with Gasteiger partial charge in [-0.05, 0) is 30.9 Å². The summed E-state index contributed by atoms with van der Waals surface area (Å²) >= 11 is 0. The van der Waals surface area contributed by atoms with Gasteiger partial charge in [-0.2, -0.15) is 10.2 Å². The predicted molar refractivity (Wildman–Crippen MR) is 87.6 cm³/mol. The van der Waals surface area contributed by atoms with Crippen LogP contribution in [0.2, 0.25) is 0 Å². The number of nitrogens with zero attached hydrogens (tertiary/aromatic N) is 4. The lowest BCUT2D eigenvalue weighted by Gasteiger charge is -2.32. The van der Waals surface area contributed by atoms with Gasteiger partial charge >= 0.3 is 0 Å². The molecule has 0 radical (unpaired) electrons. The van der Waals surface area contributed by atoms with E-state index >= 15 is 0 Å². The molecular weight excluding hydrogens is 288 g/mol. The molecule has 0 bridgehead atoms. The number of rotatable bonds is 6. The predicted octanol–water partition coefficient (Wildman–Crippen LogP) is 3.27. The van der Waals surface area contributed by atoms with E-state index in [0.717, 1.165) is 31.4 Å². The van der Waals surface area contributed by atoms with Crippen LogP contribution < -0.4 is 0 Å². The fourth-order valence-electron chi connectivity index (χ4n) is 3.29. The molecule has 120 valence electrons. The summed E-state index contributed by atoms with van der Waals surface area (Å²) in [4.78, 5) is 18.9. The second kappa shape index (κ2) is 6.49. The molecule has 2 heterocycles. The number of amides is 1. The lowest BCUT2D eigenvalue weighted by atomic mass is 9.90. The number of carbonyl (C=O) groups is 1. The van der Waals surface area contributed by atoms with E-state index in [4.69, 9.17) is 6.42 Å². The fourth-order valence-corrected chi connectivity index (χ4v) is 3.29. The molecule has 1 aromatic heterocycles. The number of pyridine rings is 1. The Bertz CT molecular complexity index is 655. The van der Waals surface area contributed by atoms with Crippen molar-refractivity contribution in [1.82, 2.24) is 9.88 Å². The van der Waals surface area contributed by atoms with Crippen LogP contribution in [-0.2, 0) is 11.2 Å². The van der Waals surface area contributed by atoms with Gasteiger partial charge in [0.1, 0.15) is 0 Å². The minimum Gasteiger partial charge on any atom is -0.337 e. The van der Waals surface area contributed by atoms with Gasteiger partial charge in [-0.1, -0.05) is 6.07 Å². The molecule has 5 nitrogen and oxygen atoms in total. The van der Waals surface area contributed by atoms with Gasteiger partial charge in [0.25, 0.3) is 0 Å². The molecule has 1 amide bonds. The van der Waals surface area contributed by atoms with Crippen molar-refractivity contribution in [2.24, 2.45) is 10.2 Å². The number of carbonyl (C=O) groups excluding carboxylic acids is 1. The smallest absolute Gasteiger partial charge is 0.223 e. The quantitative estimate of drug-likeness (QED) is 0.757. The normalized spacial score (nSPS) is 20.4. The largest absolute Gasteiger partial charge is 0.337 e. The van der Waals surface area contributed by atoms with Gasteiger partial charge in [-0.15, -0.1) is 12.3 Å². The van der Waals surface area contributed by atoms with Crippen LogP contribution in [0.15, 0.2) is 28.6 Å². The van der Waals surface area contributed by atoms with E-state index in [0.29, 0.717) is 19.3 Å². The van der Waals surface area contributed by atoms with E-state index in [1.165, 1.54) is 5.56 Å². The van der Waals surface area contributed by atoms with E-state index < -0.39 is 0 Å². The summed E-state index contributed by atoms with van der Waals surface area (Å²) < 4.78 is 0. The van der Waals surface area contributed by atoms with Crippen molar-refractivity contribution < 1.29 is 4.79 Å². The van der Waals surface area contributed by atoms with Crippen molar-refractivity contribution in [2.45, 2.75) is 56.7 Å². The lowest BCUT2D eigenvalue weighted by Crippen LogP contribution is -2.34. The summed E-state index contributed by atoms with van der Waals surface area (Å²) in [6.45, 7) is 0. The molecule has 0 saturated heterocycles. The first kappa shape index (κ1) is 15.7. The third kappa shape index (κ3) is 3.42. The maximum absolute atomic E-state index is 12.6. The topological polar surface area (TPSA) is 57.9 Å². The van der Waals surface area contributed by atoms with Gasteiger partial charge in [0.15, 0.2) is 5.66 Å². The highest BCUT2D eigenvalue weighted by molar-refractivity contribution is 5.76.